The highest BCUT2D eigenvalue weighted by Crippen LogP contribution is 2.12. The van der Waals surface area contributed by atoms with E-state index in [1.54, 1.807) is 41.5 Å². The summed E-state index contributed by atoms with van der Waals surface area (Å²) in [5.41, 5.74) is 16.3. The van der Waals surface area contributed by atoms with Crippen molar-refractivity contribution < 1.29 is 53.7 Å². The van der Waals surface area contributed by atoms with Gasteiger partial charge in [0.2, 0.25) is 41.4 Å². The molecule has 19 heteroatoms. The molecule has 0 aromatic carbocycles. The van der Waals surface area contributed by atoms with E-state index in [-0.39, 0.29) is 12.3 Å². The van der Waals surface area contributed by atoms with Crippen LogP contribution >= 0.6 is 0 Å². The molecule has 0 spiro atoms. The van der Waals surface area contributed by atoms with Crippen molar-refractivity contribution in [2.24, 2.45) is 35.0 Å². The van der Waals surface area contributed by atoms with E-state index >= 15 is 0 Å². The third-order valence-electron chi connectivity index (χ3n) is 7.80. The number of amides is 7. The van der Waals surface area contributed by atoms with Crippen molar-refractivity contribution in [3.05, 3.63) is 0 Å². The first-order valence-corrected chi connectivity index (χ1v) is 16.0. The lowest BCUT2D eigenvalue weighted by Crippen LogP contribution is -2.59. The molecule has 0 unspecified atom stereocenters. The van der Waals surface area contributed by atoms with Gasteiger partial charge in [0, 0.05) is 12.8 Å². The summed E-state index contributed by atoms with van der Waals surface area (Å²) in [7, 11) is 0. The number of carbonyl (C=O) groups is 8. The van der Waals surface area contributed by atoms with Crippen LogP contribution in [-0.2, 0) is 38.4 Å². The summed E-state index contributed by atoms with van der Waals surface area (Å²) in [6, 6.07) is -8.03. The molecule has 0 aliphatic heterocycles. The van der Waals surface area contributed by atoms with E-state index in [9.17, 15) is 53.7 Å². The van der Waals surface area contributed by atoms with Crippen LogP contribution in [0.3, 0.4) is 0 Å². The van der Waals surface area contributed by atoms with Gasteiger partial charge < -0.3 is 59.1 Å². The van der Waals surface area contributed by atoms with Crippen LogP contribution < -0.4 is 43.8 Å². The van der Waals surface area contributed by atoms with E-state index in [1.807, 2.05) is 0 Å². The zero-order valence-electron chi connectivity index (χ0n) is 28.9. The summed E-state index contributed by atoms with van der Waals surface area (Å²) in [6.45, 7) is 9.02. The van der Waals surface area contributed by atoms with Gasteiger partial charge in [-0.3, -0.25) is 33.6 Å². The number of carboxylic acids is 1. The number of rotatable bonds is 23. The maximum atomic E-state index is 13.3. The molecular weight excluding hydrogens is 648 g/mol. The maximum Gasteiger partial charge on any atom is 0.326 e. The second kappa shape index (κ2) is 21.6. The molecule has 280 valence electrons. The number of hydrogen-bond acceptors (Lipinski definition) is 11. The SMILES string of the molecule is CC[C@H](C)[C@H](NC(=O)C[C@H](O)[C@H](CC(N)=O)NC(=O)[C@H](CCC(N)=O)NC(=O)[C@H](CO)NC(=O)[C@@H](N)C(C)C)C(=O)N[C@H](C(=O)O)C(C)C. The second-order valence-corrected chi connectivity index (χ2v) is 12.6. The standard InChI is InChI=1S/C30H54N8O11/c1-7-15(6)25(29(47)38-24(14(4)5)30(48)49)37-22(43)11-19(40)17(10-21(32)42)35-26(44)16(8-9-20(31)41)34-27(45)18(12-39)36-28(46)23(33)13(2)3/h13-19,23-25,39-40H,7-12,33H2,1-6H3,(H2,31,41)(H2,32,42)(H,34,45)(H,35,44)(H,36,46)(H,37,43)(H,38,47)(H,48,49)/t15-,16-,17-,18-,19-,23-,24-,25-/m0/s1. The van der Waals surface area contributed by atoms with Crippen LogP contribution in [0.5, 0.6) is 0 Å². The largest absolute Gasteiger partial charge is 0.480 e. The molecule has 0 heterocycles. The summed E-state index contributed by atoms with van der Waals surface area (Å²) in [6.07, 6.45) is -3.57. The van der Waals surface area contributed by atoms with Gasteiger partial charge in [0.25, 0.3) is 0 Å². The molecule has 0 aliphatic carbocycles. The summed E-state index contributed by atoms with van der Waals surface area (Å²) in [5.74, 6) is -8.80. The predicted molar refractivity (Wildman–Crippen MR) is 174 cm³/mol. The van der Waals surface area contributed by atoms with Crippen molar-refractivity contribution in [1.29, 1.82) is 0 Å². The van der Waals surface area contributed by atoms with Gasteiger partial charge in [0.15, 0.2) is 0 Å². The number of aliphatic hydroxyl groups excluding tert-OH is 2. The van der Waals surface area contributed by atoms with Crippen LogP contribution in [0.4, 0.5) is 0 Å². The van der Waals surface area contributed by atoms with Crippen molar-refractivity contribution in [2.75, 3.05) is 6.61 Å². The van der Waals surface area contributed by atoms with E-state index in [2.05, 4.69) is 26.6 Å². The number of hydrogen-bond donors (Lipinski definition) is 11. The molecule has 0 aromatic heterocycles. The van der Waals surface area contributed by atoms with Crippen LogP contribution in [0.2, 0.25) is 0 Å². The van der Waals surface area contributed by atoms with Crippen molar-refractivity contribution in [1.82, 2.24) is 26.6 Å². The predicted octanol–water partition coefficient (Wildman–Crippen LogP) is -3.94. The fourth-order valence-electron chi connectivity index (χ4n) is 4.40. The van der Waals surface area contributed by atoms with Gasteiger partial charge in [-0.15, -0.1) is 0 Å². The zero-order valence-corrected chi connectivity index (χ0v) is 28.9. The molecule has 0 bridgehead atoms. The molecule has 49 heavy (non-hydrogen) atoms. The highest BCUT2D eigenvalue weighted by atomic mass is 16.4. The first kappa shape index (κ1) is 44.6. The monoisotopic (exact) mass is 702 g/mol. The minimum Gasteiger partial charge on any atom is -0.480 e. The first-order chi connectivity index (χ1) is 22.7. The van der Waals surface area contributed by atoms with Crippen molar-refractivity contribution >= 4 is 47.3 Å². The average molecular weight is 703 g/mol. The highest BCUT2D eigenvalue weighted by Gasteiger charge is 2.34. The smallest absolute Gasteiger partial charge is 0.326 e. The Morgan fingerprint density at radius 1 is 0.673 bits per heavy atom. The molecule has 0 aromatic rings. The number of nitrogens with one attached hydrogen (secondary N) is 5. The van der Waals surface area contributed by atoms with Gasteiger partial charge in [-0.05, 0) is 24.2 Å². The summed E-state index contributed by atoms with van der Waals surface area (Å²) >= 11 is 0. The first-order valence-electron chi connectivity index (χ1n) is 16.0. The topological polar surface area (TPSA) is 335 Å². The molecule has 0 radical (unpaired) electrons. The zero-order chi connectivity index (χ0) is 38.2. The van der Waals surface area contributed by atoms with Gasteiger partial charge in [0.05, 0.1) is 31.2 Å². The van der Waals surface area contributed by atoms with E-state index in [0.29, 0.717) is 6.42 Å². The Morgan fingerprint density at radius 3 is 1.67 bits per heavy atom. The molecule has 0 saturated heterocycles. The summed E-state index contributed by atoms with van der Waals surface area (Å²) in [4.78, 5) is 99.4. The lowest BCUT2D eigenvalue weighted by molar-refractivity contribution is -0.144. The van der Waals surface area contributed by atoms with Gasteiger partial charge in [-0.1, -0.05) is 48.0 Å². The van der Waals surface area contributed by atoms with E-state index < -0.39 is 127 Å². The van der Waals surface area contributed by atoms with E-state index in [4.69, 9.17) is 17.2 Å². The minimum atomic E-state index is -1.77. The molecular formula is C30H54N8O11. The number of primary amides is 2. The number of carboxylic acid groups (broad SMARTS) is 1. The molecule has 8 atom stereocenters. The van der Waals surface area contributed by atoms with Crippen LogP contribution in [-0.4, -0.2) is 112 Å². The van der Waals surface area contributed by atoms with Crippen molar-refractivity contribution in [3.63, 3.8) is 0 Å². The number of nitrogens with two attached hydrogens (primary N) is 3. The normalized spacial score (nSPS) is 16.1. The fraction of sp³-hybridized carbons (Fsp3) is 0.733. The lowest BCUT2D eigenvalue weighted by Gasteiger charge is -2.29. The van der Waals surface area contributed by atoms with Gasteiger partial charge in [-0.2, -0.15) is 0 Å². The highest BCUT2D eigenvalue weighted by molar-refractivity contribution is 5.94. The van der Waals surface area contributed by atoms with Crippen LogP contribution in [0, 0.1) is 17.8 Å². The molecule has 0 rings (SSSR count). The average Bonchev–Trinajstić information content (AvgIpc) is 3.00. The molecule has 14 N–H and O–H groups in total. The van der Waals surface area contributed by atoms with Crippen LogP contribution in [0.25, 0.3) is 0 Å². The number of aliphatic hydroxyl groups is 2. The fourth-order valence-corrected chi connectivity index (χ4v) is 4.40. The van der Waals surface area contributed by atoms with E-state index in [1.165, 1.54) is 0 Å². The maximum absolute atomic E-state index is 13.3. The molecule has 19 nitrogen and oxygen atoms in total. The number of aliphatic carboxylic acids is 1. The Labute approximate surface area is 285 Å². The summed E-state index contributed by atoms with van der Waals surface area (Å²) < 4.78 is 0. The van der Waals surface area contributed by atoms with Crippen molar-refractivity contribution in [2.45, 2.75) is 116 Å². The van der Waals surface area contributed by atoms with Gasteiger partial charge in [-0.25, -0.2) is 4.79 Å². The quantitative estimate of drug-likeness (QED) is 0.0486. The Kier molecular flexibility index (Phi) is 19.7. The second-order valence-electron chi connectivity index (χ2n) is 12.6. The third-order valence-corrected chi connectivity index (χ3v) is 7.80. The Hall–Kier alpha value is -4.36. The Balaban J connectivity index is 5.96. The van der Waals surface area contributed by atoms with Gasteiger partial charge in [0.1, 0.15) is 24.2 Å². The van der Waals surface area contributed by atoms with E-state index in [0.717, 1.165) is 0 Å². The number of carbonyl (C=O) groups excluding carboxylic acids is 7. The Morgan fingerprint density at radius 2 is 1.22 bits per heavy atom. The minimum absolute atomic E-state index is 0.306. The summed E-state index contributed by atoms with van der Waals surface area (Å²) in [5, 5.41) is 41.8. The molecule has 0 fully saturated rings. The molecule has 7 amide bonds. The lowest BCUT2D eigenvalue weighted by atomic mass is 9.96. The van der Waals surface area contributed by atoms with Crippen LogP contribution in [0.1, 0.15) is 73.6 Å². The molecule has 0 aliphatic rings. The van der Waals surface area contributed by atoms with Crippen molar-refractivity contribution in [3.8, 4) is 0 Å². The molecule has 0 saturated carbocycles. The third kappa shape index (κ3) is 16.1. The van der Waals surface area contributed by atoms with Gasteiger partial charge >= 0.3 is 5.97 Å². The Bertz CT molecular complexity index is 1180. The van der Waals surface area contributed by atoms with Crippen LogP contribution in [0.15, 0.2) is 0 Å².